The van der Waals surface area contributed by atoms with Crippen molar-refractivity contribution in [2.75, 3.05) is 43.1 Å². The molecule has 0 atom stereocenters. The number of hydrogen-bond donors (Lipinski definition) is 2. The lowest BCUT2D eigenvalue weighted by molar-refractivity contribution is 0.122. The number of ether oxygens (including phenoxy) is 1. The first-order chi connectivity index (χ1) is 8.79. The summed E-state index contributed by atoms with van der Waals surface area (Å²) >= 11 is 5.12. The Kier molecular flexibility index (Phi) is 4.66. The molecular formula is C11H17N5OS. The Hall–Kier alpha value is -1.47. The minimum absolute atomic E-state index is 0.573. The van der Waals surface area contributed by atoms with Gasteiger partial charge in [-0.1, -0.05) is 0 Å². The maximum atomic E-state index is 5.32. The SMILES string of the molecule is CCNC(=S)Nc1cc(N2CCOCC2)ncn1. The highest BCUT2D eigenvalue weighted by atomic mass is 32.1. The standard InChI is InChI=1S/C11H17N5OS/c1-2-12-11(18)15-9-7-10(14-8-13-9)16-3-5-17-6-4-16/h7-8H,2-6H2,1H3,(H2,12,13,14,15,18). The fraction of sp³-hybridized carbons (Fsp3) is 0.545. The summed E-state index contributed by atoms with van der Waals surface area (Å²) in [5, 5.41) is 6.63. The predicted octanol–water partition coefficient (Wildman–Crippen LogP) is 0.619. The van der Waals surface area contributed by atoms with Crippen molar-refractivity contribution in [2.45, 2.75) is 6.92 Å². The highest BCUT2D eigenvalue weighted by Gasteiger charge is 2.13. The van der Waals surface area contributed by atoms with Gasteiger partial charge in [0.15, 0.2) is 5.11 Å². The maximum absolute atomic E-state index is 5.32. The number of hydrogen-bond acceptors (Lipinski definition) is 5. The van der Waals surface area contributed by atoms with Crippen molar-refractivity contribution in [3.8, 4) is 0 Å². The lowest BCUT2D eigenvalue weighted by atomic mass is 10.4. The van der Waals surface area contributed by atoms with Crippen LogP contribution in [0, 0.1) is 0 Å². The summed E-state index contributed by atoms with van der Waals surface area (Å²) in [4.78, 5) is 10.6. The van der Waals surface area contributed by atoms with Crippen molar-refractivity contribution < 1.29 is 4.74 Å². The van der Waals surface area contributed by atoms with E-state index in [9.17, 15) is 0 Å². The molecule has 1 aromatic heterocycles. The van der Waals surface area contributed by atoms with E-state index in [4.69, 9.17) is 17.0 Å². The molecule has 2 N–H and O–H groups in total. The van der Waals surface area contributed by atoms with Gasteiger partial charge >= 0.3 is 0 Å². The first-order valence-corrected chi connectivity index (χ1v) is 6.40. The number of morpholine rings is 1. The molecule has 1 saturated heterocycles. The fourth-order valence-electron chi connectivity index (χ4n) is 1.70. The summed E-state index contributed by atoms with van der Waals surface area (Å²) in [6, 6.07) is 1.90. The monoisotopic (exact) mass is 267 g/mol. The number of anilines is 2. The van der Waals surface area contributed by atoms with Crippen LogP contribution < -0.4 is 15.5 Å². The van der Waals surface area contributed by atoms with E-state index in [2.05, 4.69) is 25.5 Å². The van der Waals surface area contributed by atoms with Gasteiger partial charge in [-0.05, 0) is 19.1 Å². The fourth-order valence-corrected chi connectivity index (χ4v) is 1.95. The van der Waals surface area contributed by atoms with Crippen LogP contribution in [-0.2, 0) is 4.74 Å². The van der Waals surface area contributed by atoms with Gasteiger partial charge in [0.05, 0.1) is 13.2 Å². The molecule has 0 bridgehead atoms. The molecule has 1 fully saturated rings. The molecule has 2 heterocycles. The third-order valence-electron chi connectivity index (χ3n) is 2.57. The van der Waals surface area contributed by atoms with E-state index >= 15 is 0 Å². The van der Waals surface area contributed by atoms with Crippen molar-refractivity contribution in [1.82, 2.24) is 15.3 Å². The molecule has 2 rings (SSSR count). The van der Waals surface area contributed by atoms with Crippen LogP contribution in [0.15, 0.2) is 12.4 Å². The number of nitrogens with zero attached hydrogens (tertiary/aromatic N) is 3. The van der Waals surface area contributed by atoms with E-state index in [1.165, 1.54) is 0 Å². The molecule has 7 heteroatoms. The smallest absolute Gasteiger partial charge is 0.171 e. The molecule has 0 spiro atoms. The van der Waals surface area contributed by atoms with Crippen LogP contribution >= 0.6 is 12.2 Å². The highest BCUT2D eigenvalue weighted by molar-refractivity contribution is 7.80. The predicted molar refractivity (Wildman–Crippen MR) is 75.0 cm³/mol. The van der Waals surface area contributed by atoms with Crippen molar-refractivity contribution in [3.63, 3.8) is 0 Å². The van der Waals surface area contributed by atoms with Crippen molar-refractivity contribution in [2.24, 2.45) is 0 Å². The zero-order chi connectivity index (χ0) is 12.8. The van der Waals surface area contributed by atoms with Gasteiger partial charge in [0.2, 0.25) is 0 Å². The number of nitrogens with one attached hydrogen (secondary N) is 2. The molecule has 6 nitrogen and oxygen atoms in total. The Balaban J connectivity index is 2.02. The van der Waals surface area contributed by atoms with Gasteiger partial charge in [0.1, 0.15) is 18.0 Å². The van der Waals surface area contributed by atoms with Gasteiger partial charge < -0.3 is 20.3 Å². The zero-order valence-corrected chi connectivity index (χ0v) is 11.2. The molecule has 0 aliphatic carbocycles. The second-order valence-corrected chi connectivity index (χ2v) is 4.25. The van der Waals surface area contributed by atoms with Crippen LogP contribution in [0.3, 0.4) is 0 Å². The average Bonchev–Trinajstić information content (AvgIpc) is 2.40. The van der Waals surface area contributed by atoms with E-state index in [0.717, 1.165) is 38.7 Å². The first-order valence-electron chi connectivity index (χ1n) is 5.99. The molecule has 0 amide bonds. The van der Waals surface area contributed by atoms with E-state index in [1.54, 1.807) is 6.33 Å². The molecule has 0 radical (unpaired) electrons. The van der Waals surface area contributed by atoms with Gasteiger partial charge in [0, 0.05) is 25.7 Å². The Morgan fingerprint density at radius 2 is 2.22 bits per heavy atom. The second-order valence-electron chi connectivity index (χ2n) is 3.85. The summed E-state index contributed by atoms with van der Waals surface area (Å²) in [6.07, 6.45) is 1.54. The maximum Gasteiger partial charge on any atom is 0.171 e. The molecule has 18 heavy (non-hydrogen) atoms. The molecule has 0 unspecified atom stereocenters. The van der Waals surface area contributed by atoms with Gasteiger partial charge in [0.25, 0.3) is 0 Å². The van der Waals surface area contributed by atoms with E-state index in [1.807, 2.05) is 13.0 Å². The van der Waals surface area contributed by atoms with Crippen LogP contribution in [0.4, 0.5) is 11.6 Å². The molecule has 0 saturated carbocycles. The Bertz CT molecular complexity index is 408. The largest absolute Gasteiger partial charge is 0.378 e. The molecule has 98 valence electrons. The summed E-state index contributed by atoms with van der Waals surface area (Å²) in [7, 11) is 0. The normalized spacial score (nSPS) is 15.3. The molecular weight excluding hydrogens is 250 g/mol. The quantitative estimate of drug-likeness (QED) is 0.778. The minimum Gasteiger partial charge on any atom is -0.378 e. The van der Waals surface area contributed by atoms with Crippen LogP contribution in [0.25, 0.3) is 0 Å². The van der Waals surface area contributed by atoms with Gasteiger partial charge in [-0.15, -0.1) is 0 Å². The molecule has 1 aliphatic rings. The third kappa shape index (κ3) is 3.51. The Morgan fingerprint density at radius 1 is 1.44 bits per heavy atom. The summed E-state index contributed by atoms with van der Waals surface area (Å²) < 4.78 is 5.32. The summed E-state index contributed by atoms with van der Waals surface area (Å²) in [5.74, 6) is 1.60. The number of thiocarbonyl (C=S) groups is 1. The molecule has 0 aromatic carbocycles. The summed E-state index contributed by atoms with van der Waals surface area (Å²) in [5.41, 5.74) is 0. The second kappa shape index (κ2) is 6.46. The Labute approximate surface area is 112 Å². The number of aromatic nitrogens is 2. The first kappa shape index (κ1) is 13.0. The average molecular weight is 267 g/mol. The van der Waals surface area contributed by atoms with Crippen LogP contribution in [0.5, 0.6) is 0 Å². The zero-order valence-electron chi connectivity index (χ0n) is 10.3. The summed E-state index contributed by atoms with van der Waals surface area (Å²) in [6.45, 7) is 5.97. The minimum atomic E-state index is 0.573. The Morgan fingerprint density at radius 3 is 2.94 bits per heavy atom. The van der Waals surface area contributed by atoms with Gasteiger partial charge in [-0.2, -0.15) is 0 Å². The lowest BCUT2D eigenvalue weighted by Gasteiger charge is -2.27. The molecule has 1 aromatic rings. The highest BCUT2D eigenvalue weighted by Crippen LogP contribution is 2.15. The van der Waals surface area contributed by atoms with Crippen molar-refractivity contribution >= 4 is 29.0 Å². The third-order valence-corrected chi connectivity index (χ3v) is 2.81. The van der Waals surface area contributed by atoms with Crippen molar-refractivity contribution in [1.29, 1.82) is 0 Å². The van der Waals surface area contributed by atoms with Gasteiger partial charge in [-0.3, -0.25) is 0 Å². The number of rotatable bonds is 3. The van der Waals surface area contributed by atoms with E-state index in [-0.39, 0.29) is 0 Å². The van der Waals surface area contributed by atoms with Crippen LogP contribution in [0.1, 0.15) is 6.92 Å². The van der Waals surface area contributed by atoms with Crippen molar-refractivity contribution in [3.05, 3.63) is 12.4 Å². The molecule has 1 aliphatic heterocycles. The van der Waals surface area contributed by atoms with Gasteiger partial charge in [-0.25, -0.2) is 9.97 Å². The van der Waals surface area contributed by atoms with E-state index < -0.39 is 0 Å². The van der Waals surface area contributed by atoms with Crippen LogP contribution in [-0.4, -0.2) is 47.9 Å². The lowest BCUT2D eigenvalue weighted by Crippen LogP contribution is -2.37. The van der Waals surface area contributed by atoms with Crippen LogP contribution in [0.2, 0.25) is 0 Å². The van der Waals surface area contributed by atoms with E-state index in [0.29, 0.717) is 10.9 Å². The topological polar surface area (TPSA) is 62.3 Å².